The molecule has 8 nitrogen and oxygen atoms in total. The zero-order chi connectivity index (χ0) is 18.1. The van der Waals surface area contributed by atoms with Gasteiger partial charge in [0.25, 0.3) is 11.5 Å². The van der Waals surface area contributed by atoms with E-state index in [0.717, 1.165) is 36.1 Å². The lowest BCUT2D eigenvalue weighted by Crippen LogP contribution is -2.26. The molecule has 3 heterocycles. The van der Waals surface area contributed by atoms with E-state index < -0.39 is 5.91 Å². The second kappa shape index (κ2) is 6.55. The van der Waals surface area contributed by atoms with Crippen LogP contribution in [0.4, 0.5) is 11.6 Å². The number of rotatable bonds is 3. The van der Waals surface area contributed by atoms with Crippen molar-refractivity contribution in [3.05, 3.63) is 52.4 Å². The number of amides is 1. The van der Waals surface area contributed by atoms with Gasteiger partial charge in [-0.2, -0.15) is 5.10 Å². The van der Waals surface area contributed by atoms with Crippen LogP contribution in [0.1, 0.15) is 23.3 Å². The van der Waals surface area contributed by atoms with E-state index in [4.69, 9.17) is 4.98 Å². The van der Waals surface area contributed by atoms with E-state index in [1.807, 2.05) is 24.3 Å². The Hall–Kier alpha value is -3.29. The molecule has 1 N–H and O–H groups in total. The molecule has 2 aromatic heterocycles. The van der Waals surface area contributed by atoms with E-state index in [2.05, 4.69) is 20.3 Å². The average Bonchev–Trinajstić information content (AvgIpc) is 3.18. The normalized spacial score (nSPS) is 14.0. The third-order valence-corrected chi connectivity index (χ3v) is 4.38. The van der Waals surface area contributed by atoms with Crippen LogP contribution in [-0.2, 0) is 7.05 Å². The van der Waals surface area contributed by atoms with Crippen LogP contribution in [0.25, 0.3) is 11.0 Å². The first-order valence-electron chi connectivity index (χ1n) is 8.49. The van der Waals surface area contributed by atoms with Crippen molar-refractivity contribution in [2.24, 2.45) is 7.05 Å². The predicted octanol–water partition coefficient (Wildman–Crippen LogP) is 1.58. The molecule has 0 aliphatic carbocycles. The summed E-state index contributed by atoms with van der Waals surface area (Å²) in [6, 6.07) is 10.3. The van der Waals surface area contributed by atoms with Crippen molar-refractivity contribution in [1.29, 1.82) is 0 Å². The summed E-state index contributed by atoms with van der Waals surface area (Å²) in [5, 5.41) is 6.80. The molecule has 0 spiro atoms. The highest BCUT2D eigenvalue weighted by atomic mass is 16.2. The summed E-state index contributed by atoms with van der Waals surface area (Å²) >= 11 is 0. The molecular weight excluding hydrogens is 332 g/mol. The lowest BCUT2D eigenvalue weighted by Gasteiger charge is -2.20. The number of aromatic nitrogens is 4. The molecule has 1 aliphatic rings. The first kappa shape index (κ1) is 16.2. The third kappa shape index (κ3) is 3.01. The zero-order valence-electron chi connectivity index (χ0n) is 14.3. The van der Waals surface area contributed by atoms with Gasteiger partial charge in [0.2, 0.25) is 0 Å². The number of hydrogen-bond acceptors (Lipinski definition) is 6. The van der Waals surface area contributed by atoms with Gasteiger partial charge in [0.05, 0.1) is 11.0 Å². The van der Waals surface area contributed by atoms with Crippen LogP contribution in [0.5, 0.6) is 0 Å². The first-order chi connectivity index (χ1) is 12.6. The second-order valence-electron chi connectivity index (χ2n) is 6.21. The fraction of sp³-hybridized carbons (Fsp3) is 0.278. The van der Waals surface area contributed by atoms with E-state index in [1.165, 1.54) is 19.2 Å². The molecule has 4 rings (SSSR count). The highest BCUT2D eigenvalue weighted by Crippen LogP contribution is 2.28. The number of benzene rings is 1. The van der Waals surface area contributed by atoms with Crippen molar-refractivity contribution in [2.75, 3.05) is 23.3 Å². The minimum absolute atomic E-state index is 0.148. The van der Waals surface area contributed by atoms with Crippen LogP contribution < -0.4 is 15.8 Å². The van der Waals surface area contributed by atoms with Crippen molar-refractivity contribution >= 4 is 28.6 Å². The van der Waals surface area contributed by atoms with Crippen LogP contribution in [0.2, 0.25) is 0 Å². The van der Waals surface area contributed by atoms with Crippen LogP contribution >= 0.6 is 0 Å². The Morgan fingerprint density at radius 1 is 1.04 bits per heavy atom. The van der Waals surface area contributed by atoms with Gasteiger partial charge in [0.1, 0.15) is 5.69 Å². The van der Waals surface area contributed by atoms with Crippen LogP contribution in [-0.4, -0.2) is 38.7 Å². The summed E-state index contributed by atoms with van der Waals surface area (Å²) in [5.41, 5.74) is 1.37. The van der Waals surface area contributed by atoms with Gasteiger partial charge in [-0.25, -0.2) is 14.6 Å². The van der Waals surface area contributed by atoms with E-state index in [1.54, 1.807) is 0 Å². The number of hydrogen-bond donors (Lipinski definition) is 1. The Bertz CT molecular complexity index is 1040. The van der Waals surface area contributed by atoms with E-state index in [-0.39, 0.29) is 11.3 Å². The zero-order valence-corrected chi connectivity index (χ0v) is 14.3. The predicted molar refractivity (Wildman–Crippen MR) is 98.4 cm³/mol. The van der Waals surface area contributed by atoms with Gasteiger partial charge < -0.3 is 10.2 Å². The molecule has 3 aromatic rings. The van der Waals surface area contributed by atoms with Crippen molar-refractivity contribution in [3.63, 3.8) is 0 Å². The summed E-state index contributed by atoms with van der Waals surface area (Å²) in [7, 11) is 1.50. The lowest BCUT2D eigenvalue weighted by molar-refractivity contribution is 0.101. The number of nitrogens with zero attached hydrogens (tertiary/aromatic N) is 5. The highest BCUT2D eigenvalue weighted by molar-refractivity contribution is 6.04. The Morgan fingerprint density at radius 2 is 1.73 bits per heavy atom. The van der Waals surface area contributed by atoms with Crippen LogP contribution in [0, 0.1) is 0 Å². The second-order valence-corrected chi connectivity index (χ2v) is 6.21. The molecule has 1 amide bonds. The fourth-order valence-corrected chi connectivity index (χ4v) is 3.02. The molecule has 0 atom stereocenters. The summed E-state index contributed by atoms with van der Waals surface area (Å²) in [5.74, 6) is 0.649. The van der Waals surface area contributed by atoms with Crippen molar-refractivity contribution < 1.29 is 4.79 Å². The monoisotopic (exact) mass is 350 g/mol. The van der Waals surface area contributed by atoms with Crippen molar-refractivity contribution in [1.82, 2.24) is 19.7 Å². The maximum Gasteiger partial charge on any atom is 0.277 e. The molecule has 0 unspecified atom stereocenters. The summed E-state index contributed by atoms with van der Waals surface area (Å²) in [4.78, 5) is 35.5. The van der Waals surface area contributed by atoms with E-state index in [0.29, 0.717) is 17.2 Å². The van der Waals surface area contributed by atoms with Crippen molar-refractivity contribution in [3.8, 4) is 0 Å². The molecule has 0 saturated carbocycles. The maximum atomic E-state index is 12.6. The molecule has 1 aliphatic heterocycles. The first-order valence-corrected chi connectivity index (χ1v) is 8.49. The number of nitrogens with one attached hydrogen (secondary N) is 1. The van der Waals surface area contributed by atoms with Crippen molar-refractivity contribution in [2.45, 2.75) is 12.8 Å². The maximum absolute atomic E-state index is 12.6. The van der Waals surface area contributed by atoms with Gasteiger partial charge in [-0.05, 0) is 31.0 Å². The van der Waals surface area contributed by atoms with Gasteiger partial charge in [-0.1, -0.05) is 12.1 Å². The minimum Gasteiger partial charge on any atom is -0.354 e. The molecule has 8 heteroatoms. The average molecular weight is 350 g/mol. The van der Waals surface area contributed by atoms with E-state index >= 15 is 0 Å². The van der Waals surface area contributed by atoms with Gasteiger partial charge in [0.15, 0.2) is 11.6 Å². The number of fused-ring (bicyclic) bond motifs is 1. The van der Waals surface area contributed by atoms with E-state index in [9.17, 15) is 9.59 Å². The summed E-state index contributed by atoms with van der Waals surface area (Å²) in [6.07, 6.45) is 2.18. The molecule has 1 saturated heterocycles. The molecular formula is C18H18N6O2. The van der Waals surface area contributed by atoms with Crippen LogP contribution in [0.3, 0.4) is 0 Å². The Morgan fingerprint density at radius 3 is 2.42 bits per heavy atom. The number of aryl methyl sites for hydroxylation is 1. The Balaban J connectivity index is 1.73. The van der Waals surface area contributed by atoms with Gasteiger partial charge >= 0.3 is 0 Å². The lowest BCUT2D eigenvalue weighted by atomic mass is 10.3. The summed E-state index contributed by atoms with van der Waals surface area (Å²) in [6.45, 7) is 1.77. The SMILES string of the molecule is Cn1nc(C(=O)Nc2nc3ccccc3nc2N2CCCC2)ccc1=O. The number of carbonyl (C=O) groups is 1. The Labute approximate surface area is 149 Å². The Kier molecular flexibility index (Phi) is 4.08. The number of anilines is 2. The quantitative estimate of drug-likeness (QED) is 0.771. The smallest absolute Gasteiger partial charge is 0.277 e. The highest BCUT2D eigenvalue weighted by Gasteiger charge is 2.21. The standard InChI is InChI=1S/C18H18N6O2/c1-23-15(25)9-8-14(22-23)18(26)21-16-17(24-10-4-5-11-24)20-13-7-3-2-6-12(13)19-16/h2-3,6-9H,4-5,10-11H2,1H3,(H,19,21,26). The minimum atomic E-state index is -0.425. The molecule has 0 bridgehead atoms. The molecule has 0 radical (unpaired) electrons. The van der Waals surface area contributed by atoms with Gasteiger partial charge in [-0.3, -0.25) is 9.59 Å². The molecule has 26 heavy (non-hydrogen) atoms. The van der Waals surface area contributed by atoms with Crippen LogP contribution in [0.15, 0.2) is 41.2 Å². The number of para-hydroxylation sites is 2. The van der Waals surface area contributed by atoms with Gasteiger partial charge in [-0.15, -0.1) is 0 Å². The molecule has 1 aromatic carbocycles. The molecule has 1 fully saturated rings. The third-order valence-electron chi connectivity index (χ3n) is 4.38. The largest absolute Gasteiger partial charge is 0.354 e. The topological polar surface area (TPSA) is 93.0 Å². The number of carbonyl (C=O) groups excluding carboxylic acids is 1. The molecule has 132 valence electrons. The van der Waals surface area contributed by atoms with Gasteiger partial charge in [0, 0.05) is 26.2 Å². The fourth-order valence-electron chi connectivity index (χ4n) is 3.02. The summed E-state index contributed by atoms with van der Waals surface area (Å²) < 4.78 is 1.13.